The summed E-state index contributed by atoms with van der Waals surface area (Å²) in [5, 5.41) is 0. The number of cyclic esters (lactones) is 1. The quantitative estimate of drug-likeness (QED) is 0.343. The average Bonchev–Trinajstić information content (AvgIpc) is 2.34. The van der Waals surface area contributed by atoms with Gasteiger partial charge in [0.15, 0.2) is 0 Å². The van der Waals surface area contributed by atoms with Gasteiger partial charge in [-0.1, -0.05) is 28.7 Å². The fraction of sp³-hybridized carbons (Fsp3) is 0.667. The largest absolute Gasteiger partial charge is 0.461 e. The summed E-state index contributed by atoms with van der Waals surface area (Å²) in [5.41, 5.74) is 0. The Kier molecular flexibility index (Phi) is 3.55. The molecule has 0 aliphatic carbocycles. The van der Waals surface area contributed by atoms with Gasteiger partial charge in [-0.15, -0.1) is 6.58 Å². The Morgan fingerprint density at radius 2 is 2.58 bits per heavy atom. The van der Waals surface area contributed by atoms with Crippen molar-refractivity contribution in [3.8, 4) is 0 Å². The van der Waals surface area contributed by atoms with Crippen molar-refractivity contribution in [2.45, 2.75) is 29.8 Å². The molecule has 3 atom stereocenters. The summed E-state index contributed by atoms with van der Waals surface area (Å²) in [6.45, 7) is 5.68. The number of rotatable bonds is 3. The molecule has 0 N–H and O–H groups in total. The molecule has 0 aromatic heterocycles. The van der Waals surface area contributed by atoms with Gasteiger partial charge in [0.2, 0.25) is 0 Å². The van der Waals surface area contributed by atoms with Crippen LogP contribution in [0.3, 0.4) is 0 Å². The Labute approximate surface area is 86.5 Å². The van der Waals surface area contributed by atoms with Crippen molar-refractivity contribution in [2.24, 2.45) is 5.92 Å². The van der Waals surface area contributed by atoms with E-state index < -0.39 is 0 Å². The van der Waals surface area contributed by atoms with E-state index in [1.807, 2.05) is 0 Å². The van der Waals surface area contributed by atoms with E-state index >= 15 is 0 Å². The molecule has 0 aromatic rings. The van der Waals surface area contributed by atoms with Crippen LogP contribution in [0, 0.1) is 5.92 Å². The van der Waals surface area contributed by atoms with Crippen LogP contribution in [-0.4, -0.2) is 16.0 Å². The molecule has 0 amide bonds. The van der Waals surface area contributed by atoms with E-state index in [-0.39, 0.29) is 18.0 Å². The zero-order chi connectivity index (χ0) is 9.14. The second-order valence-corrected chi connectivity index (χ2v) is 5.07. The molecular formula is C9H13IO2. The lowest BCUT2D eigenvalue weighted by Crippen LogP contribution is -2.16. The van der Waals surface area contributed by atoms with Crippen molar-refractivity contribution in [3.05, 3.63) is 12.7 Å². The van der Waals surface area contributed by atoms with Gasteiger partial charge in [-0.05, 0) is 19.8 Å². The van der Waals surface area contributed by atoms with E-state index in [4.69, 9.17) is 4.74 Å². The summed E-state index contributed by atoms with van der Waals surface area (Å²) in [7, 11) is 0. The maximum atomic E-state index is 11.2. The van der Waals surface area contributed by atoms with Gasteiger partial charge in [0.25, 0.3) is 0 Å². The van der Waals surface area contributed by atoms with Gasteiger partial charge < -0.3 is 4.74 Å². The normalized spacial score (nSPS) is 31.3. The number of hydrogen-bond acceptors (Lipinski definition) is 2. The van der Waals surface area contributed by atoms with Crippen molar-refractivity contribution >= 4 is 28.6 Å². The van der Waals surface area contributed by atoms with Gasteiger partial charge in [0.1, 0.15) is 6.10 Å². The van der Waals surface area contributed by atoms with Crippen molar-refractivity contribution < 1.29 is 9.53 Å². The molecule has 12 heavy (non-hydrogen) atoms. The van der Waals surface area contributed by atoms with Crippen LogP contribution in [0.4, 0.5) is 0 Å². The van der Waals surface area contributed by atoms with E-state index in [0.29, 0.717) is 3.92 Å². The van der Waals surface area contributed by atoms with Crippen LogP contribution in [0.25, 0.3) is 0 Å². The highest BCUT2D eigenvalue weighted by atomic mass is 127. The van der Waals surface area contributed by atoms with E-state index in [2.05, 4.69) is 36.1 Å². The van der Waals surface area contributed by atoms with Crippen LogP contribution in [-0.2, 0) is 9.53 Å². The van der Waals surface area contributed by atoms with Gasteiger partial charge in [0.05, 0.1) is 5.92 Å². The molecule has 1 aliphatic heterocycles. The lowest BCUT2D eigenvalue weighted by atomic mass is 10.0. The van der Waals surface area contributed by atoms with Crippen molar-refractivity contribution in [1.29, 1.82) is 0 Å². The first-order valence-electron chi connectivity index (χ1n) is 4.10. The summed E-state index contributed by atoms with van der Waals surface area (Å²) in [6.07, 6.45) is 3.50. The van der Waals surface area contributed by atoms with Crippen LogP contribution >= 0.6 is 22.6 Å². The molecule has 0 unspecified atom stereocenters. The lowest BCUT2D eigenvalue weighted by molar-refractivity contribution is -0.144. The van der Waals surface area contributed by atoms with Gasteiger partial charge in [-0.25, -0.2) is 0 Å². The molecule has 1 heterocycles. The third-order valence-electron chi connectivity index (χ3n) is 2.08. The van der Waals surface area contributed by atoms with Crippen molar-refractivity contribution in [2.75, 3.05) is 0 Å². The van der Waals surface area contributed by atoms with Gasteiger partial charge in [-0.2, -0.15) is 0 Å². The Bertz CT molecular complexity index is 189. The Morgan fingerprint density at radius 3 is 3.00 bits per heavy atom. The maximum Gasteiger partial charge on any atom is 0.309 e. The molecule has 3 heteroatoms. The number of halogens is 1. The second-order valence-electron chi connectivity index (χ2n) is 3.11. The van der Waals surface area contributed by atoms with E-state index in [9.17, 15) is 4.79 Å². The molecule has 0 saturated carbocycles. The minimum atomic E-state index is -0.0524. The summed E-state index contributed by atoms with van der Waals surface area (Å²) in [5.74, 6) is 0.00753. The minimum Gasteiger partial charge on any atom is -0.461 e. The number of ether oxygens (including phenoxy) is 1. The molecule has 0 bridgehead atoms. The molecule has 1 aliphatic rings. The van der Waals surface area contributed by atoms with Crippen LogP contribution < -0.4 is 0 Å². The fourth-order valence-corrected chi connectivity index (χ4v) is 1.79. The number of allylic oxidation sites excluding steroid dienone is 1. The zero-order valence-corrected chi connectivity index (χ0v) is 9.28. The molecule has 0 radical (unpaired) electrons. The smallest absolute Gasteiger partial charge is 0.309 e. The second kappa shape index (κ2) is 4.25. The van der Waals surface area contributed by atoms with Crippen molar-refractivity contribution in [3.63, 3.8) is 0 Å². The molecular weight excluding hydrogens is 267 g/mol. The van der Waals surface area contributed by atoms with Crippen molar-refractivity contribution in [1.82, 2.24) is 0 Å². The minimum absolute atomic E-state index is 0.0524. The molecule has 0 spiro atoms. The first-order valence-corrected chi connectivity index (χ1v) is 5.35. The summed E-state index contributed by atoms with van der Waals surface area (Å²) in [6, 6.07) is 0. The standard InChI is InChI=1S/C9H13IO2/c1-3-4-7-5-8(6(2)10)12-9(7)11/h3,6-8H,1,4-5H2,2H3/t6-,7-,8-/m1/s1. The molecule has 1 rings (SSSR count). The molecule has 68 valence electrons. The van der Waals surface area contributed by atoms with Crippen LogP contribution in [0.5, 0.6) is 0 Å². The molecule has 1 saturated heterocycles. The average molecular weight is 280 g/mol. The van der Waals surface area contributed by atoms with Gasteiger partial charge >= 0.3 is 5.97 Å². The Hall–Kier alpha value is -0.0600. The third kappa shape index (κ3) is 2.21. The monoisotopic (exact) mass is 280 g/mol. The first kappa shape index (κ1) is 10.0. The van der Waals surface area contributed by atoms with Crippen LogP contribution in [0.15, 0.2) is 12.7 Å². The molecule has 0 aromatic carbocycles. The SMILES string of the molecule is C=CC[C@@H]1C[C@H]([C@@H](C)I)OC1=O. The lowest BCUT2D eigenvalue weighted by Gasteiger charge is -2.10. The highest BCUT2D eigenvalue weighted by Crippen LogP contribution is 2.28. The number of hydrogen-bond donors (Lipinski definition) is 0. The Balaban J connectivity index is 2.50. The number of esters is 1. The number of carbonyl (C=O) groups is 1. The highest BCUT2D eigenvalue weighted by molar-refractivity contribution is 14.1. The topological polar surface area (TPSA) is 26.3 Å². The van der Waals surface area contributed by atoms with Crippen LogP contribution in [0.2, 0.25) is 0 Å². The zero-order valence-electron chi connectivity index (χ0n) is 7.13. The van der Waals surface area contributed by atoms with E-state index in [1.165, 1.54) is 0 Å². The first-order chi connectivity index (χ1) is 5.65. The molecule has 2 nitrogen and oxygen atoms in total. The predicted octanol–water partition coefficient (Wildman–Crippen LogP) is 2.32. The molecule has 1 fully saturated rings. The summed E-state index contributed by atoms with van der Waals surface area (Å²) >= 11 is 2.29. The summed E-state index contributed by atoms with van der Waals surface area (Å²) in [4.78, 5) is 11.2. The Morgan fingerprint density at radius 1 is 1.92 bits per heavy atom. The predicted molar refractivity (Wildman–Crippen MR) is 56.3 cm³/mol. The van der Waals surface area contributed by atoms with Crippen LogP contribution in [0.1, 0.15) is 19.8 Å². The summed E-state index contributed by atoms with van der Waals surface area (Å²) < 4.78 is 5.60. The van der Waals surface area contributed by atoms with Gasteiger partial charge in [0, 0.05) is 3.92 Å². The number of alkyl halides is 1. The maximum absolute atomic E-state index is 11.2. The van der Waals surface area contributed by atoms with Gasteiger partial charge in [-0.3, -0.25) is 4.79 Å². The van der Waals surface area contributed by atoms with E-state index in [1.54, 1.807) is 6.08 Å². The van der Waals surface area contributed by atoms with E-state index in [0.717, 1.165) is 12.8 Å². The third-order valence-corrected chi connectivity index (χ3v) is 2.88. The fourth-order valence-electron chi connectivity index (χ4n) is 1.35. The number of carbonyl (C=O) groups excluding carboxylic acids is 1. The highest BCUT2D eigenvalue weighted by Gasteiger charge is 2.35.